The minimum absolute atomic E-state index is 0.0217. The lowest BCUT2D eigenvalue weighted by atomic mass is 10.1. The first-order valence-corrected chi connectivity index (χ1v) is 7.05. The van der Waals surface area contributed by atoms with Crippen molar-refractivity contribution in [1.82, 2.24) is 4.90 Å². The van der Waals surface area contributed by atoms with Crippen LogP contribution < -0.4 is 11.1 Å². The van der Waals surface area contributed by atoms with Crippen LogP contribution >= 0.6 is 0 Å². The number of likely N-dealkylation sites (tertiary alicyclic amines) is 1. The normalized spacial score (nSPS) is 14.3. The number of nitrogens with two attached hydrogens (primary N) is 1. The summed E-state index contributed by atoms with van der Waals surface area (Å²) in [5.74, 6) is 0.0324. The first-order chi connectivity index (χ1) is 9.69. The van der Waals surface area contributed by atoms with E-state index >= 15 is 0 Å². The summed E-state index contributed by atoms with van der Waals surface area (Å²) in [6.07, 6.45) is 3.54. The number of anilines is 1. The maximum atomic E-state index is 11.9. The summed E-state index contributed by atoms with van der Waals surface area (Å²) < 4.78 is 0. The summed E-state index contributed by atoms with van der Waals surface area (Å²) in [4.78, 5) is 25.0. The number of nitrogens with one attached hydrogen (secondary N) is 1. The summed E-state index contributed by atoms with van der Waals surface area (Å²) >= 11 is 0. The Morgan fingerprint density at radius 3 is 2.40 bits per heavy atom. The van der Waals surface area contributed by atoms with E-state index in [0.717, 1.165) is 43.6 Å². The molecule has 0 unspecified atom stereocenters. The van der Waals surface area contributed by atoms with Crippen LogP contribution in [-0.2, 0) is 16.0 Å². The number of benzene rings is 1. The van der Waals surface area contributed by atoms with Gasteiger partial charge in [-0.15, -0.1) is 0 Å². The second-order valence-corrected chi connectivity index (χ2v) is 5.04. The summed E-state index contributed by atoms with van der Waals surface area (Å²) in [6.45, 7) is 1.79. The van der Waals surface area contributed by atoms with E-state index in [1.165, 1.54) is 0 Å². The number of nitrogens with zero attached hydrogens (tertiary/aromatic N) is 1. The molecule has 0 aliphatic carbocycles. The fraction of sp³-hybridized carbons (Fsp3) is 0.467. The predicted molar refractivity (Wildman–Crippen MR) is 78.3 cm³/mol. The fourth-order valence-corrected chi connectivity index (χ4v) is 2.34. The highest BCUT2D eigenvalue weighted by molar-refractivity contribution is 5.92. The smallest absolute Gasteiger partial charge is 0.238 e. The van der Waals surface area contributed by atoms with Crippen LogP contribution in [0.5, 0.6) is 0 Å². The maximum absolute atomic E-state index is 11.9. The van der Waals surface area contributed by atoms with Crippen LogP contribution in [0.1, 0.15) is 24.8 Å². The van der Waals surface area contributed by atoms with Gasteiger partial charge >= 0.3 is 0 Å². The van der Waals surface area contributed by atoms with Gasteiger partial charge in [-0.25, -0.2) is 0 Å². The summed E-state index contributed by atoms with van der Waals surface area (Å²) in [6, 6.07) is 7.54. The second-order valence-electron chi connectivity index (χ2n) is 5.04. The van der Waals surface area contributed by atoms with Crippen LogP contribution in [-0.4, -0.2) is 36.3 Å². The lowest BCUT2D eigenvalue weighted by Gasteiger charge is -2.15. The Morgan fingerprint density at radius 2 is 1.80 bits per heavy atom. The maximum Gasteiger partial charge on any atom is 0.238 e. The van der Waals surface area contributed by atoms with Crippen LogP contribution in [0.4, 0.5) is 5.69 Å². The monoisotopic (exact) mass is 275 g/mol. The molecule has 1 fully saturated rings. The quantitative estimate of drug-likeness (QED) is 0.846. The molecule has 2 amide bonds. The molecule has 1 aliphatic heterocycles. The minimum Gasteiger partial charge on any atom is -0.343 e. The average molecular weight is 275 g/mol. The first kappa shape index (κ1) is 14.5. The molecular formula is C15H21N3O2. The van der Waals surface area contributed by atoms with E-state index in [4.69, 9.17) is 5.73 Å². The molecule has 5 heteroatoms. The van der Waals surface area contributed by atoms with E-state index in [2.05, 4.69) is 5.32 Å². The Hall–Kier alpha value is -1.88. The van der Waals surface area contributed by atoms with E-state index in [9.17, 15) is 9.59 Å². The molecule has 1 aliphatic rings. The third kappa shape index (κ3) is 4.06. The lowest BCUT2D eigenvalue weighted by Crippen LogP contribution is -2.27. The molecular weight excluding hydrogens is 254 g/mol. The number of carbonyl (C=O) groups is 2. The largest absolute Gasteiger partial charge is 0.343 e. The minimum atomic E-state index is -0.207. The molecule has 0 spiro atoms. The Kier molecular flexibility index (Phi) is 5.12. The summed E-state index contributed by atoms with van der Waals surface area (Å²) in [7, 11) is 0. The number of amides is 2. The van der Waals surface area contributed by atoms with Gasteiger partial charge in [0, 0.05) is 25.2 Å². The highest BCUT2D eigenvalue weighted by Gasteiger charge is 2.17. The van der Waals surface area contributed by atoms with Crippen molar-refractivity contribution >= 4 is 17.5 Å². The van der Waals surface area contributed by atoms with Crippen LogP contribution in [0.3, 0.4) is 0 Å². The molecule has 108 valence electrons. The van der Waals surface area contributed by atoms with E-state index < -0.39 is 0 Å². The molecule has 0 aromatic heterocycles. The second kappa shape index (κ2) is 7.05. The van der Waals surface area contributed by atoms with Crippen molar-refractivity contribution in [2.75, 3.05) is 25.0 Å². The van der Waals surface area contributed by atoms with Gasteiger partial charge in [0.25, 0.3) is 0 Å². The summed E-state index contributed by atoms with van der Waals surface area (Å²) in [5.41, 5.74) is 7.07. The zero-order valence-corrected chi connectivity index (χ0v) is 11.6. The molecule has 20 heavy (non-hydrogen) atoms. The van der Waals surface area contributed by atoms with Crippen LogP contribution in [0, 0.1) is 0 Å². The van der Waals surface area contributed by atoms with Crippen molar-refractivity contribution in [3.63, 3.8) is 0 Å². The molecule has 1 aromatic rings. The molecule has 0 bridgehead atoms. The SMILES string of the molecule is NCC(=O)Nc1ccc(CCC(=O)N2CCCC2)cc1. The van der Waals surface area contributed by atoms with E-state index in [0.29, 0.717) is 6.42 Å². The lowest BCUT2D eigenvalue weighted by molar-refractivity contribution is -0.130. The van der Waals surface area contributed by atoms with Gasteiger partial charge in [0.15, 0.2) is 0 Å². The van der Waals surface area contributed by atoms with Gasteiger partial charge in [-0.2, -0.15) is 0 Å². The topological polar surface area (TPSA) is 75.4 Å². The Labute approximate surface area is 119 Å². The number of hydrogen-bond acceptors (Lipinski definition) is 3. The highest BCUT2D eigenvalue weighted by Crippen LogP contribution is 2.13. The Bertz CT molecular complexity index is 465. The van der Waals surface area contributed by atoms with Gasteiger partial charge in [0.1, 0.15) is 0 Å². The molecule has 1 heterocycles. The zero-order chi connectivity index (χ0) is 14.4. The predicted octanol–water partition coefficient (Wildman–Crippen LogP) is 1.14. The molecule has 3 N–H and O–H groups in total. The van der Waals surface area contributed by atoms with Crippen molar-refractivity contribution in [2.24, 2.45) is 5.73 Å². The van der Waals surface area contributed by atoms with Crippen molar-refractivity contribution in [3.05, 3.63) is 29.8 Å². The van der Waals surface area contributed by atoms with Crippen molar-refractivity contribution in [2.45, 2.75) is 25.7 Å². The van der Waals surface area contributed by atoms with Crippen molar-refractivity contribution in [1.29, 1.82) is 0 Å². The van der Waals surface area contributed by atoms with Gasteiger partial charge in [0.05, 0.1) is 6.54 Å². The Balaban J connectivity index is 1.81. The number of rotatable bonds is 5. The number of hydrogen-bond donors (Lipinski definition) is 2. The Morgan fingerprint density at radius 1 is 1.15 bits per heavy atom. The van der Waals surface area contributed by atoms with Gasteiger partial charge in [0.2, 0.25) is 11.8 Å². The van der Waals surface area contributed by atoms with E-state index in [-0.39, 0.29) is 18.4 Å². The van der Waals surface area contributed by atoms with Gasteiger partial charge in [-0.1, -0.05) is 12.1 Å². The molecule has 5 nitrogen and oxygen atoms in total. The van der Waals surface area contributed by atoms with Crippen molar-refractivity contribution < 1.29 is 9.59 Å². The van der Waals surface area contributed by atoms with Gasteiger partial charge in [-0.05, 0) is 37.0 Å². The first-order valence-electron chi connectivity index (χ1n) is 7.05. The standard InChI is InChI=1S/C15H21N3O2/c16-11-14(19)17-13-6-3-12(4-7-13)5-8-15(20)18-9-1-2-10-18/h3-4,6-7H,1-2,5,8-11,16H2,(H,17,19). The van der Waals surface area contributed by atoms with E-state index in [1.54, 1.807) is 0 Å². The highest BCUT2D eigenvalue weighted by atomic mass is 16.2. The molecule has 0 atom stereocenters. The van der Waals surface area contributed by atoms with E-state index in [1.807, 2.05) is 29.2 Å². The van der Waals surface area contributed by atoms with Crippen LogP contribution in [0.15, 0.2) is 24.3 Å². The third-order valence-electron chi connectivity index (χ3n) is 3.51. The number of aryl methyl sites for hydroxylation is 1. The molecule has 0 saturated carbocycles. The summed E-state index contributed by atoms with van der Waals surface area (Å²) in [5, 5.41) is 2.69. The van der Waals surface area contributed by atoms with Gasteiger partial charge in [-0.3, -0.25) is 9.59 Å². The van der Waals surface area contributed by atoms with Crippen molar-refractivity contribution in [3.8, 4) is 0 Å². The zero-order valence-electron chi connectivity index (χ0n) is 11.6. The third-order valence-corrected chi connectivity index (χ3v) is 3.51. The molecule has 1 saturated heterocycles. The molecule has 1 aromatic carbocycles. The van der Waals surface area contributed by atoms with Gasteiger partial charge < -0.3 is 16.0 Å². The molecule has 0 radical (unpaired) electrons. The number of carbonyl (C=O) groups excluding carboxylic acids is 2. The molecule has 2 rings (SSSR count). The fourth-order valence-electron chi connectivity index (χ4n) is 2.34. The average Bonchev–Trinajstić information content (AvgIpc) is 3.00. The van der Waals surface area contributed by atoms with Crippen LogP contribution in [0.25, 0.3) is 0 Å². The van der Waals surface area contributed by atoms with Crippen LogP contribution in [0.2, 0.25) is 0 Å².